The lowest BCUT2D eigenvalue weighted by atomic mass is 9.75. The number of amides is 1. The van der Waals surface area contributed by atoms with Crippen molar-refractivity contribution < 1.29 is 24.5 Å². The molecule has 2 aromatic rings. The Morgan fingerprint density at radius 2 is 1.69 bits per heavy atom. The van der Waals surface area contributed by atoms with Gasteiger partial charge in [-0.2, -0.15) is 0 Å². The van der Waals surface area contributed by atoms with Gasteiger partial charge in [-0.3, -0.25) is 0 Å². The number of alkyl carbamates (subject to hydrolysis) is 1. The largest absolute Gasteiger partial charge is 0.479 e. The van der Waals surface area contributed by atoms with Crippen molar-refractivity contribution in [1.82, 2.24) is 5.32 Å². The van der Waals surface area contributed by atoms with Crippen molar-refractivity contribution in [3.05, 3.63) is 59.7 Å². The first-order chi connectivity index (χ1) is 13.9. The zero-order chi connectivity index (χ0) is 20.6. The Bertz CT molecular complexity index is 897. The van der Waals surface area contributed by atoms with Gasteiger partial charge in [0, 0.05) is 5.92 Å². The van der Waals surface area contributed by atoms with E-state index >= 15 is 0 Å². The summed E-state index contributed by atoms with van der Waals surface area (Å²) in [6.45, 7) is 2.13. The van der Waals surface area contributed by atoms with Crippen LogP contribution in [0.1, 0.15) is 43.2 Å². The zero-order valence-electron chi connectivity index (χ0n) is 16.3. The van der Waals surface area contributed by atoms with Gasteiger partial charge >= 0.3 is 12.1 Å². The number of carboxylic acid groups (broad SMARTS) is 1. The summed E-state index contributed by atoms with van der Waals surface area (Å²) in [5.74, 6) is -1.17. The highest BCUT2D eigenvalue weighted by molar-refractivity contribution is 5.80. The van der Waals surface area contributed by atoms with Gasteiger partial charge in [-0.05, 0) is 47.4 Å². The maximum Gasteiger partial charge on any atom is 0.407 e. The Morgan fingerprint density at radius 1 is 1.10 bits per heavy atom. The van der Waals surface area contributed by atoms with Gasteiger partial charge in [0.05, 0.1) is 6.04 Å². The van der Waals surface area contributed by atoms with Crippen molar-refractivity contribution in [3.8, 4) is 11.1 Å². The molecule has 0 spiro atoms. The van der Waals surface area contributed by atoms with Crippen LogP contribution in [0.5, 0.6) is 0 Å². The summed E-state index contributed by atoms with van der Waals surface area (Å²) in [6.07, 6.45) is 0.405. The summed E-state index contributed by atoms with van der Waals surface area (Å²) in [5.41, 5.74) is 2.53. The Balaban J connectivity index is 1.47. The van der Waals surface area contributed by atoms with Crippen LogP contribution in [0.25, 0.3) is 11.1 Å². The molecule has 3 atom stereocenters. The van der Waals surface area contributed by atoms with Crippen LogP contribution >= 0.6 is 0 Å². The number of hydrogen-bond donors (Lipinski definition) is 3. The van der Waals surface area contributed by atoms with E-state index in [0.29, 0.717) is 12.8 Å². The van der Waals surface area contributed by atoms with Gasteiger partial charge in [-0.1, -0.05) is 55.5 Å². The molecule has 3 N–H and O–H groups in total. The number of aliphatic carboxylic acids is 1. The van der Waals surface area contributed by atoms with E-state index in [1.165, 1.54) is 0 Å². The molecular weight excluding hydrogens is 370 g/mol. The van der Waals surface area contributed by atoms with E-state index in [2.05, 4.69) is 17.4 Å². The predicted octanol–water partition coefficient (Wildman–Crippen LogP) is 3.53. The first-order valence-corrected chi connectivity index (χ1v) is 9.97. The maximum atomic E-state index is 12.5. The lowest BCUT2D eigenvalue weighted by Gasteiger charge is -2.39. The molecule has 1 fully saturated rings. The van der Waals surface area contributed by atoms with Crippen LogP contribution in [-0.2, 0) is 9.53 Å². The minimum atomic E-state index is -1.96. The number of benzene rings is 2. The van der Waals surface area contributed by atoms with Gasteiger partial charge in [-0.15, -0.1) is 0 Å². The van der Waals surface area contributed by atoms with Crippen LogP contribution < -0.4 is 5.32 Å². The molecule has 2 aliphatic rings. The molecule has 2 aromatic carbocycles. The fraction of sp³-hybridized carbons (Fsp3) is 0.391. The molecule has 0 bridgehead atoms. The summed E-state index contributed by atoms with van der Waals surface area (Å²) in [5, 5.41) is 22.6. The molecule has 0 saturated heterocycles. The van der Waals surface area contributed by atoms with Gasteiger partial charge in [0.15, 0.2) is 5.60 Å². The Labute approximate surface area is 169 Å². The van der Waals surface area contributed by atoms with Crippen LogP contribution in [-0.4, -0.2) is 40.5 Å². The number of nitrogens with one attached hydrogen (secondary N) is 1. The van der Waals surface area contributed by atoms with E-state index in [4.69, 9.17) is 4.74 Å². The van der Waals surface area contributed by atoms with Crippen LogP contribution in [0, 0.1) is 5.92 Å². The average molecular weight is 395 g/mol. The van der Waals surface area contributed by atoms with E-state index in [1.807, 2.05) is 43.3 Å². The monoisotopic (exact) mass is 395 g/mol. The Kier molecular flexibility index (Phi) is 5.04. The number of fused-ring (bicyclic) bond motifs is 3. The van der Waals surface area contributed by atoms with Crippen molar-refractivity contribution in [2.24, 2.45) is 5.92 Å². The van der Waals surface area contributed by atoms with E-state index in [1.54, 1.807) is 0 Å². The smallest absolute Gasteiger partial charge is 0.407 e. The summed E-state index contributed by atoms with van der Waals surface area (Å²) >= 11 is 0. The molecule has 6 nitrogen and oxygen atoms in total. The highest BCUT2D eigenvalue weighted by Gasteiger charge is 2.48. The second-order valence-corrected chi connectivity index (χ2v) is 8.13. The van der Waals surface area contributed by atoms with Crippen molar-refractivity contribution in [3.63, 3.8) is 0 Å². The number of aliphatic hydroxyl groups is 1. The minimum Gasteiger partial charge on any atom is -0.479 e. The van der Waals surface area contributed by atoms with E-state index < -0.39 is 23.7 Å². The number of carbonyl (C=O) groups is 2. The highest BCUT2D eigenvalue weighted by Crippen LogP contribution is 2.44. The quantitative estimate of drug-likeness (QED) is 0.736. The third kappa shape index (κ3) is 3.49. The van der Waals surface area contributed by atoms with Gasteiger partial charge in [0.1, 0.15) is 6.61 Å². The van der Waals surface area contributed by atoms with Crippen LogP contribution in [0.15, 0.2) is 48.5 Å². The van der Waals surface area contributed by atoms with Crippen molar-refractivity contribution >= 4 is 12.1 Å². The van der Waals surface area contributed by atoms with Crippen LogP contribution in [0.4, 0.5) is 4.79 Å². The third-order valence-corrected chi connectivity index (χ3v) is 6.24. The zero-order valence-corrected chi connectivity index (χ0v) is 16.3. The molecule has 152 valence electrons. The van der Waals surface area contributed by atoms with Crippen molar-refractivity contribution in [2.75, 3.05) is 6.61 Å². The molecular formula is C23H25NO5. The van der Waals surface area contributed by atoms with Crippen molar-refractivity contribution in [1.29, 1.82) is 0 Å². The summed E-state index contributed by atoms with van der Waals surface area (Å²) < 4.78 is 5.50. The number of ether oxygens (including phenoxy) is 1. The molecule has 0 radical (unpaired) electrons. The Hall–Kier alpha value is -2.86. The van der Waals surface area contributed by atoms with Crippen LogP contribution in [0.2, 0.25) is 0 Å². The van der Waals surface area contributed by atoms with E-state index in [0.717, 1.165) is 22.3 Å². The van der Waals surface area contributed by atoms with Crippen LogP contribution in [0.3, 0.4) is 0 Å². The lowest BCUT2D eigenvalue weighted by Crippen LogP contribution is -2.60. The topological polar surface area (TPSA) is 95.9 Å². The molecule has 0 aromatic heterocycles. The number of carbonyl (C=O) groups excluding carboxylic acids is 1. The normalized spacial score (nSPS) is 25.7. The Morgan fingerprint density at radius 3 is 2.28 bits per heavy atom. The standard InChI is InChI=1S/C23H25NO5/c1-14-10-11-23(28,21(25)26)20(12-14)24-22(27)29-13-19-17-8-4-2-6-15(17)16-7-3-5-9-18(16)19/h2-9,14,19-20,28H,10-13H2,1H3,(H,24,27)(H,25,26). The van der Waals surface area contributed by atoms with Gasteiger partial charge in [0.2, 0.25) is 0 Å². The second kappa shape index (κ2) is 7.52. The number of hydrogen-bond acceptors (Lipinski definition) is 4. The average Bonchev–Trinajstić information content (AvgIpc) is 3.03. The fourth-order valence-electron chi connectivity index (χ4n) is 4.57. The molecule has 6 heteroatoms. The predicted molar refractivity (Wildman–Crippen MR) is 108 cm³/mol. The second-order valence-electron chi connectivity index (χ2n) is 8.13. The summed E-state index contributed by atoms with van der Waals surface area (Å²) in [6, 6.07) is 15.2. The molecule has 0 heterocycles. The fourth-order valence-corrected chi connectivity index (χ4v) is 4.57. The molecule has 1 amide bonds. The van der Waals surface area contributed by atoms with E-state index in [9.17, 15) is 19.8 Å². The lowest BCUT2D eigenvalue weighted by molar-refractivity contribution is -0.166. The highest BCUT2D eigenvalue weighted by atomic mass is 16.5. The molecule has 0 aliphatic heterocycles. The first kappa shape index (κ1) is 19.5. The van der Waals surface area contributed by atoms with Gasteiger partial charge in [-0.25, -0.2) is 9.59 Å². The molecule has 4 rings (SSSR count). The van der Waals surface area contributed by atoms with Gasteiger partial charge in [0.25, 0.3) is 0 Å². The first-order valence-electron chi connectivity index (χ1n) is 9.97. The maximum absolute atomic E-state index is 12.5. The van der Waals surface area contributed by atoms with E-state index in [-0.39, 0.29) is 24.9 Å². The SMILES string of the molecule is CC1CCC(O)(C(=O)O)C(NC(=O)OCC2c3ccccc3-c3ccccc32)C1. The van der Waals surface area contributed by atoms with Gasteiger partial charge < -0.3 is 20.3 Å². The molecule has 2 aliphatic carbocycles. The molecule has 29 heavy (non-hydrogen) atoms. The number of rotatable bonds is 4. The van der Waals surface area contributed by atoms with Crippen molar-refractivity contribution in [2.45, 2.75) is 43.7 Å². The molecule has 3 unspecified atom stereocenters. The minimum absolute atomic E-state index is 0.0724. The summed E-state index contributed by atoms with van der Waals surface area (Å²) in [4.78, 5) is 24.0. The molecule has 1 saturated carbocycles. The summed E-state index contributed by atoms with van der Waals surface area (Å²) in [7, 11) is 0. The third-order valence-electron chi connectivity index (χ3n) is 6.24. The number of carboxylic acids is 1.